The summed E-state index contributed by atoms with van der Waals surface area (Å²) in [5.41, 5.74) is 6.69. The molecule has 306 valence electrons. The van der Waals surface area contributed by atoms with Crippen LogP contribution in [0.15, 0.2) is 67.3 Å². The van der Waals surface area contributed by atoms with E-state index in [4.69, 9.17) is 9.47 Å². The Morgan fingerprint density at radius 2 is 1.27 bits per heavy atom. The molecule has 3 aromatic rings. The predicted octanol–water partition coefficient (Wildman–Crippen LogP) is 7.75. The van der Waals surface area contributed by atoms with Crippen molar-refractivity contribution < 1.29 is 36.6 Å². The first-order valence-electron chi connectivity index (χ1n) is 18.1. The second kappa shape index (κ2) is 21.9. The maximum atomic E-state index is 14.5. The monoisotopic (exact) mass is 794 g/mol. The average molecular weight is 795 g/mol. The molecule has 0 atom stereocenters. The summed E-state index contributed by atoms with van der Waals surface area (Å²) in [6, 6.07) is 15.0. The molecule has 13 heteroatoms. The van der Waals surface area contributed by atoms with E-state index in [-0.39, 0.29) is 40.5 Å². The van der Waals surface area contributed by atoms with Gasteiger partial charge < -0.3 is 30.2 Å². The number of nitrogens with one attached hydrogen (secondary N) is 4. The molecule has 3 aromatic carbocycles. The van der Waals surface area contributed by atoms with Gasteiger partial charge in [-0.05, 0) is 75.1 Å². The zero-order chi connectivity index (χ0) is 42.1. The topological polar surface area (TPSA) is 144 Å². The fourth-order valence-electron chi connectivity index (χ4n) is 5.10. The van der Waals surface area contributed by atoms with Crippen LogP contribution in [0.2, 0.25) is 0 Å². The summed E-state index contributed by atoms with van der Waals surface area (Å²) in [5.74, 6) is -1.47. The first kappa shape index (κ1) is 47.2. The standard InChI is InChI=1S/C26H34FN3O4S.C17H25NO3/c1-7-19-14-18(15-22(27)25(19)30-35(6,32)33)17-29-24(31)11-9-20-8-10-21(26(2,3)4)16-23(20)28-12-13-34-5;1-17(2,3)14-8-6-13(7-9-16(19)21-5)15(12-14)18-10-11-20-4/h7-11,14-16,28,30H,1,12-13,17H2,2-6H3,(H,29,31);6-9,12,18H,10-11H2,1-5H3. The molecule has 0 bridgehead atoms. The van der Waals surface area contributed by atoms with Gasteiger partial charge in [-0.2, -0.15) is 0 Å². The highest BCUT2D eigenvalue weighted by molar-refractivity contribution is 7.92. The molecule has 0 fully saturated rings. The lowest BCUT2D eigenvalue weighted by atomic mass is 9.86. The zero-order valence-electron chi connectivity index (χ0n) is 34.4. The van der Waals surface area contributed by atoms with Crippen molar-refractivity contribution in [3.8, 4) is 0 Å². The molecule has 1 amide bonds. The number of esters is 1. The molecular formula is C43H59FN4O7S. The normalized spacial score (nSPS) is 11.8. The molecule has 0 saturated heterocycles. The fraction of sp³-hybridized carbons (Fsp3) is 0.395. The summed E-state index contributed by atoms with van der Waals surface area (Å²) in [6.45, 7) is 19.1. The van der Waals surface area contributed by atoms with Gasteiger partial charge in [0.25, 0.3) is 0 Å². The quantitative estimate of drug-likeness (QED) is 0.0613. The fourth-order valence-corrected chi connectivity index (χ4v) is 5.69. The Kier molecular flexibility index (Phi) is 18.5. The lowest BCUT2D eigenvalue weighted by Gasteiger charge is -2.21. The van der Waals surface area contributed by atoms with Gasteiger partial charge in [0, 0.05) is 62.9 Å². The molecule has 56 heavy (non-hydrogen) atoms. The molecule has 0 aliphatic carbocycles. The molecule has 0 radical (unpaired) electrons. The number of methoxy groups -OCH3 is 3. The molecule has 0 aliphatic heterocycles. The van der Waals surface area contributed by atoms with Crippen molar-refractivity contribution in [2.24, 2.45) is 0 Å². The Hall–Kier alpha value is -4.98. The molecule has 4 N–H and O–H groups in total. The number of benzene rings is 3. The SMILES string of the molecule is C=Cc1cc(CNC(=O)C=Cc2ccc(C(C)(C)C)cc2NCCOC)cc(F)c1NS(C)(=O)=O.COCCNc1cc(C(C)(C)C)ccc1C=CC(=O)OC. The minimum Gasteiger partial charge on any atom is -0.466 e. The highest BCUT2D eigenvalue weighted by Crippen LogP contribution is 2.29. The molecule has 0 heterocycles. The van der Waals surface area contributed by atoms with Crippen molar-refractivity contribution in [3.63, 3.8) is 0 Å². The number of carbonyl (C=O) groups excluding carboxylic acids is 2. The van der Waals surface area contributed by atoms with Crippen molar-refractivity contribution in [1.29, 1.82) is 0 Å². The van der Waals surface area contributed by atoms with Crippen LogP contribution in [0.4, 0.5) is 21.5 Å². The molecule has 0 unspecified atom stereocenters. The van der Waals surface area contributed by atoms with Crippen molar-refractivity contribution in [2.75, 3.05) is 69.2 Å². The van der Waals surface area contributed by atoms with Crippen LogP contribution in [0.5, 0.6) is 0 Å². The van der Waals surface area contributed by atoms with Crippen LogP contribution in [-0.2, 0) is 51.2 Å². The Bertz CT molecular complexity index is 1960. The number of anilines is 3. The van der Waals surface area contributed by atoms with E-state index in [0.717, 1.165) is 34.3 Å². The van der Waals surface area contributed by atoms with Crippen LogP contribution in [-0.4, -0.2) is 74.2 Å². The Labute approximate surface area is 332 Å². The Morgan fingerprint density at radius 1 is 0.768 bits per heavy atom. The van der Waals surface area contributed by atoms with E-state index >= 15 is 0 Å². The molecule has 0 aliphatic rings. The van der Waals surface area contributed by atoms with Crippen LogP contribution in [0.25, 0.3) is 18.2 Å². The summed E-state index contributed by atoms with van der Waals surface area (Å²) >= 11 is 0. The van der Waals surface area contributed by atoms with Crippen molar-refractivity contribution in [3.05, 3.63) is 106 Å². The first-order valence-corrected chi connectivity index (χ1v) is 20.0. The molecule has 0 saturated carbocycles. The number of amides is 1. The smallest absolute Gasteiger partial charge is 0.330 e. The van der Waals surface area contributed by atoms with E-state index in [2.05, 4.69) is 91.7 Å². The third kappa shape index (κ3) is 16.4. The first-order chi connectivity index (χ1) is 26.2. The van der Waals surface area contributed by atoms with Gasteiger partial charge in [-0.1, -0.05) is 78.5 Å². The highest BCUT2D eigenvalue weighted by Gasteiger charge is 2.17. The molecule has 0 aromatic heterocycles. The van der Waals surface area contributed by atoms with Crippen LogP contribution >= 0.6 is 0 Å². The summed E-state index contributed by atoms with van der Waals surface area (Å²) < 4.78 is 54.4. The number of carbonyl (C=O) groups is 2. The van der Waals surface area contributed by atoms with Gasteiger partial charge in [-0.3, -0.25) is 9.52 Å². The lowest BCUT2D eigenvalue weighted by Crippen LogP contribution is -2.21. The summed E-state index contributed by atoms with van der Waals surface area (Å²) in [5, 5.41) is 9.40. The summed E-state index contributed by atoms with van der Waals surface area (Å²) in [7, 11) is 1.02. The zero-order valence-corrected chi connectivity index (χ0v) is 35.2. The number of halogens is 1. The van der Waals surface area contributed by atoms with Crippen LogP contribution in [0, 0.1) is 5.82 Å². The van der Waals surface area contributed by atoms with Crippen LogP contribution in [0.1, 0.15) is 74.9 Å². The summed E-state index contributed by atoms with van der Waals surface area (Å²) in [6.07, 6.45) is 8.60. The van der Waals surface area contributed by atoms with Gasteiger partial charge in [-0.25, -0.2) is 17.6 Å². The third-order valence-electron chi connectivity index (χ3n) is 8.25. The molecular weight excluding hydrogens is 736 g/mol. The van der Waals surface area contributed by atoms with E-state index in [9.17, 15) is 22.4 Å². The third-order valence-corrected chi connectivity index (χ3v) is 8.83. The Morgan fingerprint density at radius 3 is 1.70 bits per heavy atom. The number of rotatable bonds is 17. The number of ether oxygens (including phenoxy) is 3. The number of hydrogen-bond acceptors (Lipinski definition) is 9. The maximum absolute atomic E-state index is 14.5. The predicted molar refractivity (Wildman–Crippen MR) is 228 cm³/mol. The Balaban J connectivity index is 0.000000440. The van der Waals surface area contributed by atoms with Gasteiger partial charge in [0.1, 0.15) is 5.82 Å². The van der Waals surface area contributed by atoms with Crippen LogP contribution < -0.4 is 20.7 Å². The number of sulfonamides is 1. The second-order valence-corrected chi connectivity index (χ2v) is 16.7. The van der Waals surface area contributed by atoms with E-state index in [1.54, 1.807) is 32.4 Å². The van der Waals surface area contributed by atoms with Gasteiger partial charge in [0.05, 0.1) is 32.3 Å². The van der Waals surface area contributed by atoms with Crippen molar-refractivity contribution >= 4 is 57.2 Å². The van der Waals surface area contributed by atoms with Gasteiger partial charge in [0.2, 0.25) is 15.9 Å². The second-order valence-electron chi connectivity index (χ2n) is 15.0. The van der Waals surface area contributed by atoms with E-state index in [0.29, 0.717) is 31.9 Å². The molecule has 11 nitrogen and oxygen atoms in total. The highest BCUT2D eigenvalue weighted by atomic mass is 32.2. The molecule has 0 spiro atoms. The van der Waals surface area contributed by atoms with Gasteiger partial charge in [0.15, 0.2) is 0 Å². The van der Waals surface area contributed by atoms with E-state index in [1.165, 1.54) is 37.0 Å². The van der Waals surface area contributed by atoms with Crippen molar-refractivity contribution in [2.45, 2.75) is 58.9 Å². The largest absolute Gasteiger partial charge is 0.466 e. The van der Waals surface area contributed by atoms with Crippen LogP contribution in [0.3, 0.4) is 0 Å². The van der Waals surface area contributed by atoms with Gasteiger partial charge in [-0.15, -0.1) is 0 Å². The minimum absolute atomic E-state index is 0.0245. The van der Waals surface area contributed by atoms with Gasteiger partial charge >= 0.3 is 5.97 Å². The molecule has 3 rings (SSSR count). The number of hydrogen-bond donors (Lipinski definition) is 4. The van der Waals surface area contributed by atoms with E-state index < -0.39 is 15.8 Å². The average Bonchev–Trinajstić information content (AvgIpc) is 3.12. The summed E-state index contributed by atoms with van der Waals surface area (Å²) in [4.78, 5) is 23.7. The maximum Gasteiger partial charge on any atom is 0.330 e. The lowest BCUT2D eigenvalue weighted by molar-refractivity contribution is -0.134. The minimum atomic E-state index is -3.66. The van der Waals surface area contributed by atoms with E-state index in [1.807, 2.05) is 18.2 Å². The van der Waals surface area contributed by atoms with Crippen molar-refractivity contribution in [1.82, 2.24) is 5.32 Å².